The van der Waals surface area contributed by atoms with Gasteiger partial charge in [-0.3, -0.25) is 0 Å². The normalized spacial score (nSPS) is 20.0. The Morgan fingerprint density at radius 3 is 3.00 bits per heavy atom. The number of methoxy groups -OCH3 is 1. The van der Waals surface area contributed by atoms with Gasteiger partial charge in [0.25, 0.3) is 0 Å². The molecular formula is C12H14FNO3. The molecular weight excluding hydrogens is 225 g/mol. The summed E-state index contributed by atoms with van der Waals surface area (Å²) in [6.07, 6.45) is -0.296. The van der Waals surface area contributed by atoms with Crippen LogP contribution in [-0.4, -0.2) is 32.8 Å². The van der Waals surface area contributed by atoms with Crippen molar-refractivity contribution in [3.63, 3.8) is 0 Å². The van der Waals surface area contributed by atoms with E-state index in [0.717, 1.165) is 6.54 Å². The van der Waals surface area contributed by atoms with Gasteiger partial charge in [0.1, 0.15) is 5.82 Å². The summed E-state index contributed by atoms with van der Waals surface area (Å²) >= 11 is 0. The summed E-state index contributed by atoms with van der Waals surface area (Å²) in [6, 6.07) is 4.29. The summed E-state index contributed by atoms with van der Waals surface area (Å²) in [4.78, 5) is 11.2. The number of hydrogen-bond donors (Lipinski definition) is 1. The number of hydrogen-bond acceptors (Lipinski definition) is 4. The van der Waals surface area contributed by atoms with E-state index in [1.165, 1.54) is 13.2 Å². The molecule has 1 heterocycles. The molecule has 1 unspecified atom stereocenters. The van der Waals surface area contributed by atoms with Gasteiger partial charge in [-0.2, -0.15) is 0 Å². The number of halogens is 1. The first kappa shape index (κ1) is 12.0. The molecule has 0 spiro atoms. The van der Waals surface area contributed by atoms with Crippen LogP contribution >= 0.6 is 0 Å². The van der Waals surface area contributed by atoms with Crippen LogP contribution in [0.4, 0.5) is 4.39 Å². The van der Waals surface area contributed by atoms with E-state index in [9.17, 15) is 9.18 Å². The molecule has 1 aliphatic heterocycles. The number of ether oxygens (including phenoxy) is 2. The second-order valence-electron chi connectivity index (χ2n) is 3.79. The lowest BCUT2D eigenvalue weighted by Crippen LogP contribution is -2.33. The Labute approximate surface area is 98.7 Å². The third-order valence-electron chi connectivity index (χ3n) is 2.70. The second kappa shape index (κ2) is 5.25. The molecule has 4 nitrogen and oxygen atoms in total. The van der Waals surface area contributed by atoms with Crippen molar-refractivity contribution in [2.75, 3.05) is 26.8 Å². The molecule has 2 rings (SSSR count). The van der Waals surface area contributed by atoms with Crippen molar-refractivity contribution in [1.82, 2.24) is 5.32 Å². The minimum atomic E-state index is -0.543. The van der Waals surface area contributed by atoms with Crippen LogP contribution in [0.1, 0.15) is 22.0 Å². The molecule has 0 aromatic heterocycles. The second-order valence-corrected chi connectivity index (χ2v) is 3.79. The molecule has 1 N–H and O–H groups in total. The maximum atomic E-state index is 13.8. The van der Waals surface area contributed by atoms with E-state index < -0.39 is 11.8 Å². The Morgan fingerprint density at radius 2 is 2.41 bits per heavy atom. The average Bonchev–Trinajstić information content (AvgIpc) is 2.38. The summed E-state index contributed by atoms with van der Waals surface area (Å²) in [5.41, 5.74) is 0.669. The smallest absolute Gasteiger partial charge is 0.337 e. The highest BCUT2D eigenvalue weighted by Gasteiger charge is 2.20. The molecule has 1 aromatic carbocycles. The molecule has 0 aliphatic carbocycles. The van der Waals surface area contributed by atoms with Crippen LogP contribution < -0.4 is 5.32 Å². The fourth-order valence-electron chi connectivity index (χ4n) is 1.80. The number of rotatable bonds is 2. The molecule has 1 atom stereocenters. The van der Waals surface area contributed by atoms with E-state index in [0.29, 0.717) is 18.7 Å². The van der Waals surface area contributed by atoms with Gasteiger partial charge < -0.3 is 14.8 Å². The van der Waals surface area contributed by atoms with E-state index in [-0.39, 0.29) is 11.7 Å². The molecule has 92 valence electrons. The van der Waals surface area contributed by atoms with Crippen LogP contribution in [0.5, 0.6) is 0 Å². The molecule has 0 bridgehead atoms. The van der Waals surface area contributed by atoms with Crippen molar-refractivity contribution in [3.05, 3.63) is 35.1 Å². The topological polar surface area (TPSA) is 47.6 Å². The maximum absolute atomic E-state index is 13.8. The molecule has 1 fully saturated rings. The molecule has 5 heteroatoms. The fourth-order valence-corrected chi connectivity index (χ4v) is 1.80. The van der Waals surface area contributed by atoms with Gasteiger partial charge in [0.15, 0.2) is 0 Å². The molecule has 1 aromatic rings. The summed E-state index contributed by atoms with van der Waals surface area (Å²) in [7, 11) is 1.27. The van der Waals surface area contributed by atoms with E-state index in [2.05, 4.69) is 10.1 Å². The van der Waals surface area contributed by atoms with E-state index >= 15 is 0 Å². The Balaban J connectivity index is 2.21. The third kappa shape index (κ3) is 2.62. The van der Waals surface area contributed by atoms with E-state index in [1.807, 2.05) is 0 Å². The van der Waals surface area contributed by atoms with Gasteiger partial charge in [0.05, 0.1) is 25.4 Å². The average molecular weight is 239 g/mol. The van der Waals surface area contributed by atoms with Crippen LogP contribution in [0.25, 0.3) is 0 Å². The van der Waals surface area contributed by atoms with Crippen molar-refractivity contribution in [2.24, 2.45) is 0 Å². The van der Waals surface area contributed by atoms with Crippen LogP contribution in [0.2, 0.25) is 0 Å². The zero-order valence-electron chi connectivity index (χ0n) is 9.53. The van der Waals surface area contributed by atoms with Crippen LogP contribution in [0.3, 0.4) is 0 Å². The van der Waals surface area contributed by atoms with Crippen molar-refractivity contribution in [1.29, 1.82) is 0 Å². The van der Waals surface area contributed by atoms with Crippen LogP contribution in [-0.2, 0) is 9.47 Å². The molecule has 1 saturated heterocycles. The zero-order chi connectivity index (χ0) is 12.3. The highest BCUT2D eigenvalue weighted by molar-refractivity contribution is 5.89. The van der Waals surface area contributed by atoms with Crippen LogP contribution in [0, 0.1) is 5.82 Å². The molecule has 17 heavy (non-hydrogen) atoms. The highest BCUT2D eigenvalue weighted by Crippen LogP contribution is 2.22. The largest absolute Gasteiger partial charge is 0.465 e. The van der Waals surface area contributed by atoms with Crippen molar-refractivity contribution >= 4 is 5.97 Å². The monoisotopic (exact) mass is 239 g/mol. The SMILES string of the molecule is COC(=O)c1ccc(C2CNCCO2)c(F)c1. The van der Waals surface area contributed by atoms with E-state index in [1.54, 1.807) is 12.1 Å². The lowest BCUT2D eigenvalue weighted by atomic mass is 10.1. The Kier molecular flexibility index (Phi) is 3.71. The van der Waals surface area contributed by atoms with Crippen molar-refractivity contribution < 1.29 is 18.7 Å². The quantitative estimate of drug-likeness (QED) is 0.790. The number of nitrogens with one attached hydrogen (secondary N) is 1. The van der Waals surface area contributed by atoms with Gasteiger partial charge >= 0.3 is 5.97 Å². The third-order valence-corrected chi connectivity index (χ3v) is 2.70. The molecule has 0 radical (unpaired) electrons. The number of carbonyl (C=O) groups excluding carboxylic acids is 1. The fraction of sp³-hybridized carbons (Fsp3) is 0.417. The van der Waals surface area contributed by atoms with Gasteiger partial charge in [0, 0.05) is 18.7 Å². The van der Waals surface area contributed by atoms with Gasteiger partial charge in [0.2, 0.25) is 0 Å². The summed E-state index contributed by atoms with van der Waals surface area (Å²) < 4.78 is 23.8. The Bertz CT molecular complexity index is 416. The predicted molar refractivity (Wildman–Crippen MR) is 59.3 cm³/mol. The summed E-state index contributed by atoms with van der Waals surface area (Å²) in [5.74, 6) is -0.986. The Morgan fingerprint density at radius 1 is 1.59 bits per heavy atom. The summed E-state index contributed by atoms with van der Waals surface area (Å²) in [5, 5.41) is 3.13. The number of morpholine rings is 1. The minimum Gasteiger partial charge on any atom is -0.465 e. The van der Waals surface area contributed by atoms with Gasteiger partial charge in [-0.1, -0.05) is 6.07 Å². The van der Waals surface area contributed by atoms with Gasteiger partial charge in [-0.05, 0) is 12.1 Å². The first-order chi connectivity index (χ1) is 8.22. The highest BCUT2D eigenvalue weighted by atomic mass is 19.1. The van der Waals surface area contributed by atoms with E-state index in [4.69, 9.17) is 4.74 Å². The predicted octanol–water partition coefficient (Wildman–Crippen LogP) is 1.27. The maximum Gasteiger partial charge on any atom is 0.337 e. The Hall–Kier alpha value is -1.46. The molecule has 0 amide bonds. The van der Waals surface area contributed by atoms with Crippen LogP contribution in [0.15, 0.2) is 18.2 Å². The molecule has 0 saturated carbocycles. The lowest BCUT2D eigenvalue weighted by Gasteiger charge is -2.24. The summed E-state index contributed by atoms with van der Waals surface area (Å²) in [6.45, 7) is 1.91. The van der Waals surface area contributed by atoms with Gasteiger partial charge in [-0.15, -0.1) is 0 Å². The number of carbonyl (C=O) groups is 1. The standard InChI is InChI=1S/C12H14FNO3/c1-16-12(15)8-2-3-9(10(13)6-8)11-7-14-4-5-17-11/h2-3,6,11,14H,4-5,7H2,1H3. The van der Waals surface area contributed by atoms with Crippen molar-refractivity contribution in [3.8, 4) is 0 Å². The number of esters is 1. The minimum absolute atomic E-state index is 0.206. The molecule has 1 aliphatic rings. The van der Waals surface area contributed by atoms with Gasteiger partial charge in [-0.25, -0.2) is 9.18 Å². The lowest BCUT2D eigenvalue weighted by molar-refractivity contribution is 0.0254. The van der Waals surface area contributed by atoms with Crippen molar-refractivity contribution in [2.45, 2.75) is 6.10 Å². The number of benzene rings is 1. The zero-order valence-corrected chi connectivity index (χ0v) is 9.53. The first-order valence-corrected chi connectivity index (χ1v) is 5.42. The first-order valence-electron chi connectivity index (χ1n) is 5.42.